The van der Waals surface area contributed by atoms with Crippen molar-refractivity contribution in [1.82, 2.24) is 5.32 Å². The molecule has 1 fully saturated rings. The molecule has 0 spiro atoms. The molecule has 118 valence electrons. The molecule has 1 N–H and O–H groups in total. The van der Waals surface area contributed by atoms with Gasteiger partial charge in [0.15, 0.2) is 5.72 Å². The molecule has 4 rings (SSSR count). The summed E-state index contributed by atoms with van der Waals surface area (Å²) in [6.07, 6.45) is 0.671. The maximum atomic E-state index is 12.7. The highest BCUT2D eigenvalue weighted by atomic mass is 79.9. The van der Waals surface area contributed by atoms with E-state index in [2.05, 4.69) is 21.2 Å². The highest BCUT2D eigenvalue weighted by Gasteiger charge is 2.49. The van der Waals surface area contributed by atoms with Crippen molar-refractivity contribution in [1.29, 1.82) is 0 Å². The smallest absolute Gasteiger partial charge is 0.325 e. The third-order valence-electron chi connectivity index (χ3n) is 4.32. The summed E-state index contributed by atoms with van der Waals surface area (Å²) in [4.78, 5) is 14.3. The van der Waals surface area contributed by atoms with E-state index < -0.39 is 5.72 Å². The Morgan fingerprint density at radius 1 is 1.30 bits per heavy atom. The van der Waals surface area contributed by atoms with Gasteiger partial charge in [0, 0.05) is 27.2 Å². The van der Waals surface area contributed by atoms with Gasteiger partial charge in [0.1, 0.15) is 5.75 Å². The molecular weight excluding hydrogens is 380 g/mol. The van der Waals surface area contributed by atoms with E-state index in [9.17, 15) is 4.79 Å². The molecule has 2 amide bonds. The predicted octanol–water partition coefficient (Wildman–Crippen LogP) is 4.87. The van der Waals surface area contributed by atoms with Gasteiger partial charge in [-0.2, -0.15) is 0 Å². The van der Waals surface area contributed by atoms with Crippen LogP contribution in [0.1, 0.15) is 24.9 Å². The van der Waals surface area contributed by atoms with Crippen LogP contribution in [-0.2, 0) is 0 Å². The van der Waals surface area contributed by atoms with Crippen molar-refractivity contribution in [2.45, 2.75) is 25.1 Å². The number of rotatable bonds is 1. The van der Waals surface area contributed by atoms with Crippen LogP contribution in [0.25, 0.3) is 0 Å². The van der Waals surface area contributed by atoms with Crippen LogP contribution >= 0.6 is 27.5 Å². The quantitative estimate of drug-likeness (QED) is 0.751. The summed E-state index contributed by atoms with van der Waals surface area (Å²) in [6.45, 7) is 1.94. The fraction of sp³-hybridized carbons (Fsp3) is 0.235. The van der Waals surface area contributed by atoms with Crippen LogP contribution in [0.4, 0.5) is 10.5 Å². The molecular formula is C17H14BrClN2O2. The molecule has 0 saturated carbocycles. The van der Waals surface area contributed by atoms with Crippen LogP contribution in [0, 0.1) is 0 Å². The zero-order valence-electron chi connectivity index (χ0n) is 12.3. The number of fused-ring (bicyclic) bond motifs is 4. The van der Waals surface area contributed by atoms with E-state index >= 15 is 0 Å². The standard InChI is InChI=1S/C17H14BrClN2O2/c1-17-9-14(13-8-10(18)2-7-15(13)23-17)20-16(22)21(17)12-5-3-11(19)4-6-12/h2-8,14H,9H2,1H3,(H,20,22). The fourth-order valence-corrected chi connectivity index (χ4v) is 3.83. The first-order valence-electron chi connectivity index (χ1n) is 7.31. The Morgan fingerprint density at radius 2 is 2.04 bits per heavy atom. The zero-order valence-corrected chi connectivity index (χ0v) is 14.7. The molecule has 0 aromatic heterocycles. The summed E-state index contributed by atoms with van der Waals surface area (Å²) in [7, 11) is 0. The van der Waals surface area contributed by atoms with Gasteiger partial charge < -0.3 is 10.1 Å². The molecule has 2 aliphatic rings. The average Bonchev–Trinajstić information content (AvgIpc) is 2.49. The number of amides is 2. The van der Waals surface area contributed by atoms with Gasteiger partial charge >= 0.3 is 6.03 Å². The van der Waals surface area contributed by atoms with E-state index in [1.807, 2.05) is 37.3 Å². The average molecular weight is 394 g/mol. The van der Waals surface area contributed by atoms with Gasteiger partial charge in [-0.25, -0.2) is 4.79 Å². The van der Waals surface area contributed by atoms with Gasteiger partial charge in [-0.15, -0.1) is 0 Å². The number of urea groups is 1. The van der Waals surface area contributed by atoms with Crippen LogP contribution < -0.4 is 15.0 Å². The minimum absolute atomic E-state index is 0.0581. The van der Waals surface area contributed by atoms with E-state index in [0.717, 1.165) is 21.5 Å². The number of carbonyl (C=O) groups excluding carboxylic acids is 1. The summed E-state index contributed by atoms with van der Waals surface area (Å²) >= 11 is 9.43. The van der Waals surface area contributed by atoms with Gasteiger partial charge in [-0.1, -0.05) is 27.5 Å². The summed E-state index contributed by atoms with van der Waals surface area (Å²) in [5.74, 6) is 0.797. The van der Waals surface area contributed by atoms with Gasteiger partial charge in [0.05, 0.1) is 6.04 Å². The van der Waals surface area contributed by atoms with E-state index in [0.29, 0.717) is 11.4 Å². The van der Waals surface area contributed by atoms with Crippen molar-refractivity contribution < 1.29 is 9.53 Å². The first kappa shape index (κ1) is 14.8. The van der Waals surface area contributed by atoms with Crippen LogP contribution in [0.2, 0.25) is 5.02 Å². The number of benzene rings is 2. The Bertz CT molecular complexity index is 796. The van der Waals surface area contributed by atoms with Gasteiger partial charge in [0.25, 0.3) is 0 Å². The highest BCUT2D eigenvalue weighted by molar-refractivity contribution is 9.10. The van der Waals surface area contributed by atoms with Crippen LogP contribution in [0.5, 0.6) is 5.75 Å². The number of hydrogen-bond donors (Lipinski definition) is 1. The Morgan fingerprint density at radius 3 is 2.78 bits per heavy atom. The molecule has 23 heavy (non-hydrogen) atoms. The Hall–Kier alpha value is -1.72. The SMILES string of the molecule is CC12CC(NC(=O)N1c1ccc(Cl)cc1)c1cc(Br)ccc1O2. The number of nitrogens with one attached hydrogen (secondary N) is 1. The second kappa shape index (κ2) is 5.14. The second-order valence-electron chi connectivity index (χ2n) is 5.98. The molecule has 2 atom stereocenters. The van der Waals surface area contributed by atoms with Crippen molar-refractivity contribution in [2.24, 2.45) is 0 Å². The van der Waals surface area contributed by atoms with Crippen LogP contribution in [0.3, 0.4) is 0 Å². The Balaban J connectivity index is 1.79. The number of halogens is 2. The minimum atomic E-state index is -0.734. The Kier molecular flexibility index (Phi) is 3.32. The first-order valence-corrected chi connectivity index (χ1v) is 8.48. The van der Waals surface area contributed by atoms with E-state index in [1.54, 1.807) is 17.0 Å². The molecule has 2 aromatic carbocycles. The summed E-state index contributed by atoms with van der Waals surface area (Å²) in [5, 5.41) is 3.71. The largest absolute Gasteiger partial charge is 0.467 e. The fourth-order valence-electron chi connectivity index (χ4n) is 3.33. The third-order valence-corrected chi connectivity index (χ3v) is 5.06. The van der Waals surface area contributed by atoms with Crippen LogP contribution in [-0.4, -0.2) is 11.8 Å². The highest BCUT2D eigenvalue weighted by Crippen LogP contribution is 2.46. The topological polar surface area (TPSA) is 41.6 Å². The Labute approximate surface area is 147 Å². The molecule has 6 heteroatoms. The zero-order chi connectivity index (χ0) is 16.2. The predicted molar refractivity (Wildman–Crippen MR) is 93.0 cm³/mol. The molecule has 2 aromatic rings. The van der Waals surface area contributed by atoms with Crippen LogP contribution in [0.15, 0.2) is 46.9 Å². The maximum Gasteiger partial charge on any atom is 0.325 e. The van der Waals surface area contributed by atoms with E-state index in [1.165, 1.54) is 0 Å². The molecule has 2 heterocycles. The molecule has 2 bridgehead atoms. The first-order chi connectivity index (χ1) is 11.0. The summed E-state index contributed by atoms with van der Waals surface area (Å²) in [6, 6.07) is 12.8. The molecule has 2 aliphatic heterocycles. The minimum Gasteiger partial charge on any atom is -0.467 e. The monoisotopic (exact) mass is 392 g/mol. The third kappa shape index (κ3) is 2.39. The lowest BCUT2D eigenvalue weighted by atomic mass is 9.90. The lowest BCUT2D eigenvalue weighted by Crippen LogP contribution is -2.65. The number of anilines is 1. The van der Waals surface area contributed by atoms with Crippen molar-refractivity contribution in [3.05, 3.63) is 57.5 Å². The number of ether oxygens (including phenoxy) is 1. The van der Waals surface area contributed by atoms with Gasteiger partial charge in [0.2, 0.25) is 0 Å². The normalized spacial score (nSPS) is 25.4. The van der Waals surface area contributed by atoms with Gasteiger partial charge in [-0.05, 0) is 49.4 Å². The van der Waals surface area contributed by atoms with E-state index in [-0.39, 0.29) is 12.1 Å². The molecule has 1 saturated heterocycles. The van der Waals surface area contributed by atoms with E-state index in [4.69, 9.17) is 16.3 Å². The summed E-state index contributed by atoms with van der Waals surface area (Å²) < 4.78 is 7.19. The molecule has 2 unspecified atom stereocenters. The second-order valence-corrected chi connectivity index (χ2v) is 7.33. The summed E-state index contributed by atoms with van der Waals surface area (Å²) in [5.41, 5.74) is 1.02. The maximum absolute atomic E-state index is 12.7. The molecule has 0 radical (unpaired) electrons. The van der Waals surface area contributed by atoms with Crippen molar-refractivity contribution >= 4 is 39.2 Å². The molecule has 4 nitrogen and oxygen atoms in total. The number of hydrogen-bond acceptors (Lipinski definition) is 2. The lowest BCUT2D eigenvalue weighted by molar-refractivity contribution is 0.0378. The van der Waals surface area contributed by atoms with Crippen molar-refractivity contribution in [2.75, 3.05) is 4.90 Å². The van der Waals surface area contributed by atoms with Crippen molar-refractivity contribution in [3.63, 3.8) is 0 Å². The lowest BCUT2D eigenvalue weighted by Gasteiger charge is -2.50. The molecule has 0 aliphatic carbocycles. The number of nitrogens with zero attached hydrogens (tertiary/aromatic N) is 1. The van der Waals surface area contributed by atoms with Crippen molar-refractivity contribution in [3.8, 4) is 5.75 Å². The number of carbonyl (C=O) groups is 1. The van der Waals surface area contributed by atoms with Gasteiger partial charge in [-0.3, -0.25) is 4.90 Å².